The summed E-state index contributed by atoms with van der Waals surface area (Å²) < 4.78 is 28.8. The Bertz CT molecular complexity index is 849. The fourth-order valence-electron chi connectivity index (χ4n) is 5.51. The SMILES string of the molecule is CCC(N1CCC2(CC1)C[C@@H](CCN1CCN(c3ccc(C)cc3)CC1)OC2=O)[SH](=O)=O. The van der Waals surface area contributed by atoms with Crippen molar-refractivity contribution in [2.45, 2.75) is 57.4 Å². The predicted octanol–water partition coefficient (Wildman–Crippen LogP) is 2.25. The summed E-state index contributed by atoms with van der Waals surface area (Å²) in [7, 11) is -2.46. The van der Waals surface area contributed by atoms with Crippen LogP contribution in [0.5, 0.6) is 0 Å². The third-order valence-corrected chi connectivity index (χ3v) is 8.83. The Morgan fingerprint density at radius 2 is 1.72 bits per heavy atom. The molecule has 3 fully saturated rings. The van der Waals surface area contributed by atoms with Gasteiger partial charge in [0.25, 0.3) is 0 Å². The van der Waals surface area contributed by atoms with Crippen LogP contribution in [0.2, 0.25) is 0 Å². The van der Waals surface area contributed by atoms with Gasteiger partial charge < -0.3 is 9.64 Å². The van der Waals surface area contributed by atoms with Gasteiger partial charge in [-0.3, -0.25) is 14.6 Å². The Morgan fingerprint density at radius 3 is 2.31 bits per heavy atom. The smallest absolute Gasteiger partial charge is 0.312 e. The van der Waals surface area contributed by atoms with Crippen LogP contribution in [-0.4, -0.2) is 81.5 Å². The number of benzene rings is 1. The topological polar surface area (TPSA) is 70.2 Å². The Balaban J connectivity index is 1.22. The number of piperidine rings is 1. The summed E-state index contributed by atoms with van der Waals surface area (Å²) in [5.74, 6) is -0.0640. The number of hydrogen-bond acceptors (Lipinski definition) is 7. The molecule has 8 heteroatoms. The lowest BCUT2D eigenvalue weighted by molar-refractivity contribution is -0.151. The summed E-state index contributed by atoms with van der Waals surface area (Å²) in [6.07, 6.45) is 3.65. The monoisotopic (exact) mass is 463 g/mol. The molecule has 3 aliphatic rings. The summed E-state index contributed by atoms with van der Waals surface area (Å²) in [4.78, 5) is 19.7. The number of hydrogen-bond donors (Lipinski definition) is 1. The molecule has 3 aliphatic heterocycles. The van der Waals surface area contributed by atoms with Gasteiger partial charge in [0.15, 0.2) is 10.7 Å². The normalized spacial score (nSPS) is 25.4. The van der Waals surface area contributed by atoms with E-state index in [1.807, 2.05) is 11.8 Å². The minimum Gasteiger partial charge on any atom is -0.462 e. The number of esters is 1. The molecule has 2 atom stereocenters. The number of carbonyl (C=O) groups excluding carboxylic acids is 1. The van der Waals surface area contributed by atoms with Gasteiger partial charge in [0, 0.05) is 57.9 Å². The van der Waals surface area contributed by atoms with Crippen LogP contribution in [0.1, 0.15) is 44.6 Å². The molecule has 0 radical (unpaired) electrons. The first kappa shape index (κ1) is 23.5. The number of nitrogens with zero attached hydrogens (tertiary/aromatic N) is 3. The van der Waals surface area contributed by atoms with Crippen molar-refractivity contribution in [1.29, 1.82) is 0 Å². The summed E-state index contributed by atoms with van der Waals surface area (Å²) in [5, 5.41) is -0.408. The van der Waals surface area contributed by atoms with Crippen LogP contribution in [0, 0.1) is 12.3 Å². The first-order valence-electron chi connectivity index (χ1n) is 12.0. The maximum atomic E-state index is 12.7. The van der Waals surface area contributed by atoms with Crippen LogP contribution in [-0.2, 0) is 20.2 Å². The number of likely N-dealkylation sites (tertiary alicyclic amines) is 1. The van der Waals surface area contributed by atoms with Gasteiger partial charge in [-0.2, -0.15) is 0 Å². The molecular formula is C24H37N3O4S. The number of piperazine rings is 1. The lowest BCUT2D eigenvalue weighted by Gasteiger charge is -2.38. The van der Waals surface area contributed by atoms with Crippen LogP contribution in [0.3, 0.4) is 0 Å². The number of thiol groups is 1. The van der Waals surface area contributed by atoms with Crippen LogP contribution in [0.25, 0.3) is 0 Å². The van der Waals surface area contributed by atoms with E-state index in [2.05, 4.69) is 41.0 Å². The molecule has 0 aromatic heterocycles. The van der Waals surface area contributed by atoms with E-state index in [0.29, 0.717) is 32.4 Å². The summed E-state index contributed by atoms with van der Waals surface area (Å²) in [6, 6.07) is 8.73. The number of rotatable bonds is 7. The molecule has 32 heavy (non-hydrogen) atoms. The van der Waals surface area contributed by atoms with E-state index < -0.39 is 21.5 Å². The molecule has 3 heterocycles. The van der Waals surface area contributed by atoms with Crippen LogP contribution < -0.4 is 4.90 Å². The molecule has 1 aromatic carbocycles. The molecule has 1 spiro atoms. The highest BCUT2D eigenvalue weighted by Crippen LogP contribution is 2.44. The maximum Gasteiger partial charge on any atom is 0.312 e. The van der Waals surface area contributed by atoms with Crippen molar-refractivity contribution in [1.82, 2.24) is 9.80 Å². The Morgan fingerprint density at radius 1 is 1.06 bits per heavy atom. The molecule has 1 unspecified atom stereocenters. The molecule has 0 amide bonds. The van der Waals surface area contributed by atoms with Crippen LogP contribution >= 0.6 is 0 Å². The van der Waals surface area contributed by atoms with E-state index in [-0.39, 0.29) is 12.1 Å². The Hall–Kier alpha value is -1.64. The fraction of sp³-hybridized carbons (Fsp3) is 0.708. The molecule has 1 aromatic rings. The molecule has 0 saturated carbocycles. The first-order valence-corrected chi connectivity index (χ1v) is 13.3. The van der Waals surface area contributed by atoms with Crippen molar-refractivity contribution in [3.63, 3.8) is 0 Å². The van der Waals surface area contributed by atoms with Crippen molar-refractivity contribution in [3.05, 3.63) is 29.8 Å². The van der Waals surface area contributed by atoms with Crippen molar-refractivity contribution in [3.8, 4) is 0 Å². The van der Waals surface area contributed by atoms with Gasteiger partial charge in [-0.25, -0.2) is 8.42 Å². The van der Waals surface area contributed by atoms with Gasteiger partial charge in [0.1, 0.15) is 11.5 Å². The molecule has 3 saturated heterocycles. The quantitative estimate of drug-likeness (QED) is 0.491. The van der Waals surface area contributed by atoms with Crippen LogP contribution in [0.4, 0.5) is 5.69 Å². The zero-order valence-corrected chi connectivity index (χ0v) is 20.3. The Labute approximate surface area is 193 Å². The van der Waals surface area contributed by atoms with E-state index in [0.717, 1.165) is 45.6 Å². The zero-order chi connectivity index (χ0) is 22.7. The maximum absolute atomic E-state index is 12.7. The van der Waals surface area contributed by atoms with E-state index in [4.69, 9.17) is 4.74 Å². The van der Waals surface area contributed by atoms with Crippen molar-refractivity contribution in [2.24, 2.45) is 5.41 Å². The highest BCUT2D eigenvalue weighted by Gasteiger charge is 2.50. The highest BCUT2D eigenvalue weighted by molar-refractivity contribution is 7.73. The van der Waals surface area contributed by atoms with Crippen LogP contribution in [0.15, 0.2) is 24.3 Å². The van der Waals surface area contributed by atoms with Crippen molar-refractivity contribution >= 4 is 22.4 Å². The first-order chi connectivity index (χ1) is 15.4. The number of carbonyl (C=O) groups is 1. The summed E-state index contributed by atoms with van der Waals surface area (Å²) in [5.41, 5.74) is 2.17. The standard InChI is InChI=1S/C24H37N3O4S/c1-3-22(32(29)30)27-12-9-24(10-13-27)18-21(31-23(24)28)8-11-25-14-16-26(17-15-25)20-6-4-19(2)5-7-20/h4-7,21-22,32H,3,8-18H2,1-2H3/t21-,22?/m1/s1. The number of cyclic esters (lactones) is 1. The average Bonchev–Trinajstić information content (AvgIpc) is 3.09. The Kier molecular flexibility index (Phi) is 7.42. The third-order valence-electron chi connectivity index (χ3n) is 7.65. The number of ether oxygens (including phenoxy) is 1. The average molecular weight is 464 g/mol. The van der Waals surface area contributed by atoms with Crippen molar-refractivity contribution in [2.75, 3.05) is 50.7 Å². The summed E-state index contributed by atoms with van der Waals surface area (Å²) in [6.45, 7) is 10.4. The third kappa shape index (κ3) is 5.13. The summed E-state index contributed by atoms with van der Waals surface area (Å²) >= 11 is 0. The van der Waals surface area contributed by atoms with Gasteiger partial charge >= 0.3 is 5.97 Å². The van der Waals surface area contributed by atoms with E-state index >= 15 is 0 Å². The number of aryl methyl sites for hydroxylation is 1. The second-order valence-corrected chi connectivity index (χ2v) is 10.8. The number of anilines is 1. The van der Waals surface area contributed by atoms with Crippen molar-refractivity contribution < 1.29 is 17.9 Å². The molecule has 4 rings (SSSR count). The lowest BCUT2D eigenvalue weighted by Crippen LogP contribution is -2.47. The lowest BCUT2D eigenvalue weighted by atomic mass is 9.75. The van der Waals surface area contributed by atoms with Gasteiger partial charge in [-0.05, 0) is 44.7 Å². The van der Waals surface area contributed by atoms with Gasteiger partial charge in [-0.15, -0.1) is 0 Å². The zero-order valence-electron chi connectivity index (χ0n) is 19.4. The molecule has 0 aliphatic carbocycles. The second kappa shape index (κ2) is 10.1. The fourth-order valence-corrected chi connectivity index (χ4v) is 6.30. The minimum atomic E-state index is -2.46. The van der Waals surface area contributed by atoms with Gasteiger partial charge in [0.05, 0.1) is 5.41 Å². The second-order valence-electron chi connectivity index (χ2n) is 9.67. The molecule has 7 nitrogen and oxygen atoms in total. The van der Waals surface area contributed by atoms with Gasteiger partial charge in [0.2, 0.25) is 0 Å². The molecule has 0 N–H and O–H groups in total. The molecule has 0 bridgehead atoms. The van der Waals surface area contributed by atoms with E-state index in [1.54, 1.807) is 0 Å². The molecule has 178 valence electrons. The highest BCUT2D eigenvalue weighted by atomic mass is 32.2. The minimum absolute atomic E-state index is 0.0118. The predicted molar refractivity (Wildman–Crippen MR) is 127 cm³/mol. The van der Waals surface area contributed by atoms with Gasteiger partial charge in [-0.1, -0.05) is 24.6 Å². The van der Waals surface area contributed by atoms with E-state index in [1.165, 1.54) is 11.3 Å². The van der Waals surface area contributed by atoms with E-state index in [9.17, 15) is 13.2 Å². The largest absolute Gasteiger partial charge is 0.462 e. The molecular weight excluding hydrogens is 426 g/mol.